The molecule has 0 aromatic carbocycles. The fourth-order valence-electron chi connectivity index (χ4n) is 5.53. The molecule has 33 heavy (non-hydrogen) atoms. The van der Waals surface area contributed by atoms with E-state index in [1.807, 2.05) is 26.6 Å². The molecule has 10 heteroatoms. The number of nitrogens with zero attached hydrogens (tertiary/aromatic N) is 7. The number of allylic oxidation sites excluding steroid dienone is 2. The van der Waals surface area contributed by atoms with E-state index in [0.29, 0.717) is 38.5 Å². The second kappa shape index (κ2) is 8.17. The zero-order valence-corrected chi connectivity index (χ0v) is 18.4. The van der Waals surface area contributed by atoms with Crippen LogP contribution in [0.1, 0.15) is 25.7 Å². The van der Waals surface area contributed by atoms with Gasteiger partial charge in [0.15, 0.2) is 0 Å². The fourth-order valence-corrected chi connectivity index (χ4v) is 5.53. The van der Waals surface area contributed by atoms with E-state index in [1.165, 1.54) is 0 Å². The first-order valence-electron chi connectivity index (χ1n) is 11.6. The molecule has 6 rings (SSSR count). The predicted molar refractivity (Wildman–Crippen MR) is 119 cm³/mol. The minimum atomic E-state index is -0.260. The van der Waals surface area contributed by atoms with Crippen molar-refractivity contribution in [1.82, 2.24) is 29.3 Å². The highest BCUT2D eigenvalue weighted by molar-refractivity contribution is 5.77. The highest BCUT2D eigenvalue weighted by Gasteiger charge is 2.51. The van der Waals surface area contributed by atoms with E-state index in [1.54, 1.807) is 18.9 Å². The number of hydrogen-bond acceptors (Lipinski definition) is 7. The van der Waals surface area contributed by atoms with E-state index in [9.17, 15) is 9.59 Å². The molecule has 2 aromatic rings. The van der Waals surface area contributed by atoms with Crippen molar-refractivity contribution < 1.29 is 14.3 Å². The lowest BCUT2D eigenvalue weighted by atomic mass is 10.0. The Morgan fingerprint density at radius 3 is 2.88 bits per heavy atom. The molecule has 5 heterocycles. The van der Waals surface area contributed by atoms with Gasteiger partial charge in [-0.2, -0.15) is 0 Å². The number of likely N-dealkylation sites (tertiary alicyclic amines) is 1. The van der Waals surface area contributed by atoms with Gasteiger partial charge in [0.2, 0.25) is 5.91 Å². The van der Waals surface area contributed by atoms with Crippen LogP contribution in [0.2, 0.25) is 0 Å². The predicted octanol–water partition coefficient (Wildman–Crippen LogP) is 1.63. The van der Waals surface area contributed by atoms with Gasteiger partial charge in [-0.25, -0.2) is 19.7 Å². The van der Waals surface area contributed by atoms with E-state index < -0.39 is 0 Å². The summed E-state index contributed by atoms with van der Waals surface area (Å²) in [7, 11) is 0. The molecule has 172 valence electrons. The molecule has 4 atom stereocenters. The van der Waals surface area contributed by atoms with E-state index in [4.69, 9.17) is 4.74 Å². The standard InChI is InChI=1S/C23H27N7O3/c31-22(9-16-3-1-2-4-16)27-7-5-17(11-27)30-18-12-29(13-19(18)33-23(30)32)21-10-20(25-14-26-21)28-8-6-24-15-28/h1,3,6,8,10,14-19H,2,4-5,7,9,11-13H2/t16?,17?,18-,19+/m1/s1. The maximum Gasteiger partial charge on any atom is 0.410 e. The average Bonchev–Trinajstić information content (AvgIpc) is 3.62. The van der Waals surface area contributed by atoms with E-state index in [2.05, 4.69) is 32.0 Å². The number of amides is 2. The Bertz CT molecular complexity index is 1070. The number of anilines is 1. The van der Waals surface area contributed by atoms with Crippen LogP contribution in [-0.4, -0.2) is 85.7 Å². The Morgan fingerprint density at radius 2 is 2.06 bits per heavy atom. The fraction of sp³-hybridized carbons (Fsp3) is 0.522. The monoisotopic (exact) mass is 449 g/mol. The van der Waals surface area contributed by atoms with Crippen molar-refractivity contribution in [2.45, 2.75) is 43.9 Å². The molecule has 3 fully saturated rings. The second-order valence-electron chi connectivity index (χ2n) is 9.26. The summed E-state index contributed by atoms with van der Waals surface area (Å²) in [5.41, 5.74) is 0. The minimum absolute atomic E-state index is 0.00225. The van der Waals surface area contributed by atoms with Gasteiger partial charge in [-0.05, 0) is 25.2 Å². The minimum Gasteiger partial charge on any atom is -0.442 e. The first-order valence-corrected chi connectivity index (χ1v) is 11.6. The number of carbonyl (C=O) groups is 2. The molecule has 10 nitrogen and oxygen atoms in total. The van der Waals surface area contributed by atoms with Crippen molar-refractivity contribution in [3.63, 3.8) is 0 Å². The van der Waals surface area contributed by atoms with Gasteiger partial charge in [0.1, 0.15) is 30.4 Å². The molecule has 2 amide bonds. The van der Waals surface area contributed by atoms with Crippen LogP contribution in [-0.2, 0) is 9.53 Å². The molecule has 0 N–H and O–H groups in total. The highest BCUT2D eigenvalue weighted by Crippen LogP contribution is 2.34. The number of imidazole rings is 1. The van der Waals surface area contributed by atoms with Crippen molar-refractivity contribution in [2.24, 2.45) is 5.92 Å². The Morgan fingerprint density at radius 1 is 1.15 bits per heavy atom. The van der Waals surface area contributed by atoms with Gasteiger partial charge in [-0.3, -0.25) is 14.3 Å². The molecule has 2 aromatic heterocycles. The topological polar surface area (TPSA) is 96.7 Å². The summed E-state index contributed by atoms with van der Waals surface area (Å²) in [5, 5.41) is 0. The van der Waals surface area contributed by atoms with Crippen LogP contribution in [0.5, 0.6) is 0 Å². The molecule has 0 spiro atoms. The van der Waals surface area contributed by atoms with Crippen LogP contribution in [0.3, 0.4) is 0 Å². The van der Waals surface area contributed by atoms with Crippen LogP contribution in [0.4, 0.5) is 10.6 Å². The van der Waals surface area contributed by atoms with Crippen molar-refractivity contribution in [1.29, 1.82) is 0 Å². The Labute approximate surface area is 191 Å². The van der Waals surface area contributed by atoms with Crippen LogP contribution in [0, 0.1) is 5.92 Å². The molecule has 0 bridgehead atoms. The van der Waals surface area contributed by atoms with Crippen molar-refractivity contribution in [3.8, 4) is 5.82 Å². The number of aromatic nitrogens is 4. The number of carbonyl (C=O) groups excluding carboxylic acids is 2. The molecule has 0 saturated carbocycles. The van der Waals surface area contributed by atoms with E-state index in [0.717, 1.165) is 30.9 Å². The Balaban J connectivity index is 1.12. The van der Waals surface area contributed by atoms with Gasteiger partial charge in [-0.1, -0.05) is 12.2 Å². The molecule has 3 saturated heterocycles. The molecule has 0 radical (unpaired) electrons. The van der Waals surface area contributed by atoms with Crippen LogP contribution < -0.4 is 4.90 Å². The van der Waals surface area contributed by atoms with Crippen molar-refractivity contribution >= 4 is 17.8 Å². The largest absolute Gasteiger partial charge is 0.442 e. The van der Waals surface area contributed by atoms with Gasteiger partial charge in [0.25, 0.3) is 0 Å². The van der Waals surface area contributed by atoms with Gasteiger partial charge in [-0.15, -0.1) is 0 Å². The van der Waals surface area contributed by atoms with Crippen LogP contribution >= 0.6 is 0 Å². The maximum atomic E-state index is 12.8. The number of hydrogen-bond donors (Lipinski definition) is 0. The zero-order valence-electron chi connectivity index (χ0n) is 18.4. The van der Waals surface area contributed by atoms with Crippen molar-refractivity contribution in [3.05, 3.63) is 43.3 Å². The van der Waals surface area contributed by atoms with Gasteiger partial charge >= 0.3 is 6.09 Å². The summed E-state index contributed by atoms with van der Waals surface area (Å²) in [5.74, 6) is 2.10. The first-order chi connectivity index (χ1) is 16.2. The van der Waals surface area contributed by atoms with E-state index in [-0.39, 0.29) is 30.2 Å². The Hall–Kier alpha value is -3.43. The van der Waals surface area contributed by atoms with Crippen LogP contribution in [0.15, 0.2) is 43.3 Å². The third-order valence-electron chi connectivity index (χ3n) is 7.25. The van der Waals surface area contributed by atoms with Gasteiger partial charge in [0, 0.05) is 44.5 Å². The number of rotatable bonds is 5. The normalized spacial score (nSPS) is 28.6. The smallest absolute Gasteiger partial charge is 0.410 e. The summed E-state index contributed by atoms with van der Waals surface area (Å²) < 4.78 is 7.58. The second-order valence-corrected chi connectivity index (χ2v) is 9.26. The number of ether oxygens (including phenoxy) is 1. The first kappa shape index (κ1) is 20.2. The maximum absolute atomic E-state index is 12.8. The van der Waals surface area contributed by atoms with Gasteiger partial charge < -0.3 is 14.5 Å². The summed E-state index contributed by atoms with van der Waals surface area (Å²) in [6.07, 6.45) is 14.1. The quantitative estimate of drug-likeness (QED) is 0.640. The lowest BCUT2D eigenvalue weighted by Gasteiger charge is -2.28. The highest BCUT2D eigenvalue weighted by atomic mass is 16.6. The molecular weight excluding hydrogens is 422 g/mol. The van der Waals surface area contributed by atoms with Crippen molar-refractivity contribution in [2.75, 3.05) is 31.1 Å². The molecule has 4 aliphatic rings. The summed E-state index contributed by atoms with van der Waals surface area (Å²) in [6, 6.07) is 1.88. The molecule has 3 aliphatic heterocycles. The number of fused-ring (bicyclic) bond motifs is 1. The SMILES string of the molecule is O=C(CC1C=CCC1)N1CCC(N2C(=O)O[C@H]3CN(c4cc(-n5ccnc5)ncn4)C[C@H]32)C1. The van der Waals surface area contributed by atoms with Crippen LogP contribution in [0.25, 0.3) is 5.82 Å². The molecular formula is C23H27N7O3. The lowest BCUT2D eigenvalue weighted by Crippen LogP contribution is -2.46. The molecule has 1 aliphatic carbocycles. The zero-order chi connectivity index (χ0) is 22.4. The lowest BCUT2D eigenvalue weighted by molar-refractivity contribution is -0.131. The third-order valence-corrected chi connectivity index (χ3v) is 7.25. The summed E-state index contributed by atoms with van der Waals surface area (Å²) in [4.78, 5) is 44.3. The molecule has 2 unspecified atom stereocenters. The summed E-state index contributed by atoms with van der Waals surface area (Å²) in [6.45, 7) is 2.53. The Kier molecular flexibility index (Phi) is 5.00. The van der Waals surface area contributed by atoms with E-state index >= 15 is 0 Å². The van der Waals surface area contributed by atoms with Gasteiger partial charge in [0.05, 0.1) is 18.6 Å². The average molecular weight is 450 g/mol. The third kappa shape index (κ3) is 3.73. The summed E-state index contributed by atoms with van der Waals surface area (Å²) >= 11 is 0.